The van der Waals surface area contributed by atoms with Crippen molar-refractivity contribution in [1.29, 1.82) is 0 Å². The van der Waals surface area contributed by atoms with Crippen molar-refractivity contribution in [2.75, 3.05) is 0 Å². The highest BCUT2D eigenvalue weighted by Gasteiger charge is 2.34. The molecule has 0 saturated heterocycles. The van der Waals surface area contributed by atoms with Crippen LogP contribution in [0.3, 0.4) is 0 Å². The van der Waals surface area contributed by atoms with Gasteiger partial charge in [-0.2, -0.15) is 0 Å². The molecule has 1 unspecified atom stereocenters. The van der Waals surface area contributed by atoms with Crippen molar-refractivity contribution >= 4 is 11.8 Å². The third-order valence-electron chi connectivity index (χ3n) is 3.81. The topological polar surface area (TPSA) is 74.6 Å². The number of aliphatic hydroxyl groups excluding tert-OH is 1. The van der Waals surface area contributed by atoms with Gasteiger partial charge < -0.3 is 10.2 Å². The summed E-state index contributed by atoms with van der Waals surface area (Å²) in [6, 6.07) is 0. The number of rotatable bonds is 8. The highest BCUT2D eigenvalue weighted by atomic mass is 16.4. The smallest absolute Gasteiger partial charge is 0.303 e. The third-order valence-corrected chi connectivity index (χ3v) is 3.81. The normalized spacial score (nSPS) is 26.9. The largest absolute Gasteiger partial charge is 0.481 e. The Bertz CT molecular complexity index is 335. The molecule has 1 saturated carbocycles. The highest BCUT2D eigenvalue weighted by Crippen LogP contribution is 2.35. The van der Waals surface area contributed by atoms with E-state index in [2.05, 4.69) is 6.92 Å². The second kappa shape index (κ2) is 8.10. The van der Waals surface area contributed by atoms with E-state index >= 15 is 0 Å². The quantitative estimate of drug-likeness (QED) is 0.524. The molecule has 1 aliphatic carbocycles. The van der Waals surface area contributed by atoms with Crippen LogP contribution in [0.5, 0.6) is 0 Å². The lowest BCUT2D eigenvalue weighted by molar-refractivity contribution is -0.139. The van der Waals surface area contributed by atoms with Gasteiger partial charge in [0.05, 0.1) is 12.5 Å². The number of carbonyl (C=O) groups is 2. The average Bonchev–Trinajstić information content (AvgIpc) is 2.68. The number of carboxylic acids is 1. The summed E-state index contributed by atoms with van der Waals surface area (Å²) in [5.41, 5.74) is 0. The lowest BCUT2D eigenvalue weighted by Gasteiger charge is -2.17. The molecular weight excluding hydrogens is 244 g/mol. The highest BCUT2D eigenvalue weighted by molar-refractivity contribution is 5.89. The molecule has 0 aromatic heterocycles. The van der Waals surface area contributed by atoms with E-state index in [4.69, 9.17) is 5.11 Å². The van der Waals surface area contributed by atoms with Gasteiger partial charge in [0.25, 0.3) is 0 Å². The van der Waals surface area contributed by atoms with Crippen LogP contribution < -0.4 is 0 Å². The van der Waals surface area contributed by atoms with Gasteiger partial charge in [0.1, 0.15) is 0 Å². The summed E-state index contributed by atoms with van der Waals surface area (Å²) in [6.07, 6.45) is 7.80. The Kier molecular flexibility index (Phi) is 6.78. The van der Waals surface area contributed by atoms with Gasteiger partial charge in [0, 0.05) is 12.3 Å². The van der Waals surface area contributed by atoms with Gasteiger partial charge in [-0.05, 0) is 31.3 Å². The molecule has 1 fully saturated rings. The van der Waals surface area contributed by atoms with Crippen LogP contribution in [-0.4, -0.2) is 28.1 Å². The Labute approximate surface area is 114 Å². The maximum Gasteiger partial charge on any atom is 0.303 e. The van der Waals surface area contributed by atoms with Crippen LogP contribution >= 0.6 is 0 Å². The predicted molar refractivity (Wildman–Crippen MR) is 72.8 cm³/mol. The Morgan fingerprint density at radius 1 is 1.26 bits per heavy atom. The number of aliphatic hydroxyl groups is 1. The van der Waals surface area contributed by atoms with Crippen LogP contribution in [0.4, 0.5) is 0 Å². The summed E-state index contributed by atoms with van der Waals surface area (Å²) in [4.78, 5) is 22.4. The predicted octanol–water partition coefficient (Wildman–Crippen LogP) is 2.55. The molecule has 0 spiro atoms. The standard InChI is InChI=1S/C15H24O4/c1-2-3-4-5-12(16)8-6-11-7-9-14(17)13(11)10-15(18)19/h6,8,11,13-14,17H,2-5,7,9-10H2,1H3,(H,18,19)/t11?,13-,14+/m1/s1. The van der Waals surface area contributed by atoms with Crippen LogP contribution in [0.2, 0.25) is 0 Å². The number of ketones is 1. The number of aliphatic carboxylic acids is 1. The van der Waals surface area contributed by atoms with Crippen LogP contribution in [0.1, 0.15) is 51.9 Å². The number of allylic oxidation sites excluding steroid dienone is 2. The molecule has 0 aliphatic heterocycles. The zero-order chi connectivity index (χ0) is 14.3. The zero-order valence-electron chi connectivity index (χ0n) is 11.5. The van der Waals surface area contributed by atoms with E-state index in [1.807, 2.05) is 0 Å². The Morgan fingerprint density at radius 3 is 2.63 bits per heavy atom. The molecule has 2 N–H and O–H groups in total. The average molecular weight is 268 g/mol. The van der Waals surface area contributed by atoms with Crippen molar-refractivity contribution in [1.82, 2.24) is 0 Å². The molecule has 0 heterocycles. The lowest BCUT2D eigenvalue weighted by Crippen LogP contribution is -2.21. The minimum Gasteiger partial charge on any atom is -0.481 e. The SMILES string of the molecule is CCCCCC(=O)C=CC1CC[C@H](O)[C@@H]1CC(=O)O. The first-order valence-electron chi connectivity index (χ1n) is 7.15. The van der Waals surface area contributed by atoms with Crippen molar-refractivity contribution in [3.05, 3.63) is 12.2 Å². The van der Waals surface area contributed by atoms with Crippen molar-refractivity contribution < 1.29 is 19.8 Å². The number of hydrogen-bond donors (Lipinski definition) is 2. The molecule has 1 aliphatic rings. The minimum atomic E-state index is -0.890. The Hall–Kier alpha value is -1.16. The molecule has 4 nitrogen and oxygen atoms in total. The summed E-state index contributed by atoms with van der Waals surface area (Å²) < 4.78 is 0. The van der Waals surface area contributed by atoms with Crippen molar-refractivity contribution in [2.24, 2.45) is 11.8 Å². The van der Waals surface area contributed by atoms with Crippen LogP contribution in [0.25, 0.3) is 0 Å². The summed E-state index contributed by atoms with van der Waals surface area (Å²) in [5, 5.41) is 18.6. The Balaban J connectivity index is 2.45. The molecule has 3 atom stereocenters. The summed E-state index contributed by atoms with van der Waals surface area (Å²) in [6.45, 7) is 2.09. The first-order chi connectivity index (χ1) is 9.04. The van der Waals surface area contributed by atoms with Gasteiger partial charge in [-0.25, -0.2) is 0 Å². The van der Waals surface area contributed by atoms with E-state index in [-0.39, 0.29) is 24.0 Å². The Morgan fingerprint density at radius 2 is 2.00 bits per heavy atom. The fraction of sp³-hybridized carbons (Fsp3) is 0.733. The molecule has 0 bridgehead atoms. The van der Waals surface area contributed by atoms with Gasteiger partial charge in [-0.3, -0.25) is 9.59 Å². The molecule has 4 heteroatoms. The fourth-order valence-corrected chi connectivity index (χ4v) is 2.67. The molecular formula is C15H24O4. The summed E-state index contributed by atoms with van der Waals surface area (Å²) in [5.74, 6) is -1.03. The van der Waals surface area contributed by atoms with Crippen LogP contribution in [-0.2, 0) is 9.59 Å². The number of carbonyl (C=O) groups excluding carboxylic acids is 1. The number of carboxylic acid groups (broad SMARTS) is 1. The fourth-order valence-electron chi connectivity index (χ4n) is 2.67. The minimum absolute atomic E-state index is 0.0150. The van der Waals surface area contributed by atoms with E-state index in [9.17, 15) is 14.7 Å². The second-order valence-electron chi connectivity index (χ2n) is 5.35. The maximum absolute atomic E-state index is 11.6. The van der Waals surface area contributed by atoms with Crippen molar-refractivity contribution in [3.63, 3.8) is 0 Å². The molecule has 1 rings (SSSR count). The number of unbranched alkanes of at least 4 members (excludes halogenated alkanes) is 2. The monoisotopic (exact) mass is 268 g/mol. The van der Waals surface area contributed by atoms with E-state index < -0.39 is 12.1 Å². The van der Waals surface area contributed by atoms with Gasteiger partial charge in [-0.15, -0.1) is 0 Å². The van der Waals surface area contributed by atoms with Crippen LogP contribution in [0, 0.1) is 11.8 Å². The molecule has 0 aromatic carbocycles. The molecule has 0 radical (unpaired) electrons. The third kappa shape index (κ3) is 5.55. The molecule has 0 amide bonds. The van der Waals surface area contributed by atoms with Gasteiger partial charge >= 0.3 is 5.97 Å². The van der Waals surface area contributed by atoms with Gasteiger partial charge in [0.15, 0.2) is 5.78 Å². The van der Waals surface area contributed by atoms with E-state index in [0.29, 0.717) is 12.8 Å². The van der Waals surface area contributed by atoms with E-state index in [0.717, 1.165) is 25.7 Å². The summed E-state index contributed by atoms with van der Waals surface area (Å²) in [7, 11) is 0. The van der Waals surface area contributed by atoms with Crippen molar-refractivity contribution in [3.8, 4) is 0 Å². The molecule has 108 valence electrons. The molecule has 0 aromatic rings. The van der Waals surface area contributed by atoms with Crippen LogP contribution in [0.15, 0.2) is 12.2 Å². The van der Waals surface area contributed by atoms with E-state index in [1.54, 1.807) is 12.2 Å². The zero-order valence-corrected chi connectivity index (χ0v) is 11.5. The number of hydrogen-bond acceptors (Lipinski definition) is 3. The van der Waals surface area contributed by atoms with E-state index in [1.165, 1.54) is 0 Å². The van der Waals surface area contributed by atoms with Gasteiger partial charge in [-0.1, -0.05) is 25.8 Å². The van der Waals surface area contributed by atoms with Gasteiger partial charge in [0.2, 0.25) is 0 Å². The van der Waals surface area contributed by atoms with Crippen molar-refractivity contribution in [2.45, 2.75) is 58.0 Å². The molecule has 19 heavy (non-hydrogen) atoms. The first-order valence-corrected chi connectivity index (χ1v) is 7.15. The summed E-state index contributed by atoms with van der Waals surface area (Å²) >= 11 is 0. The first kappa shape index (κ1) is 15.9. The second-order valence-corrected chi connectivity index (χ2v) is 5.35. The lowest BCUT2D eigenvalue weighted by atomic mass is 9.91. The maximum atomic E-state index is 11.6.